The quantitative estimate of drug-likeness (QED) is 0.589. The molecule has 28 heavy (non-hydrogen) atoms. The number of hydrogen-bond donors (Lipinski definition) is 1. The van der Waals surface area contributed by atoms with Crippen LogP contribution in [0.4, 0.5) is 0 Å². The summed E-state index contributed by atoms with van der Waals surface area (Å²) in [6, 6.07) is 4.94. The van der Waals surface area contributed by atoms with Crippen molar-refractivity contribution in [1.82, 2.24) is 14.5 Å². The van der Waals surface area contributed by atoms with E-state index < -0.39 is 6.10 Å². The maximum absolute atomic E-state index is 12.9. The molecule has 1 N–H and O–H groups in total. The number of amides is 1. The molecule has 1 amide bonds. The number of hydrogen-bond acceptors (Lipinski definition) is 5. The Morgan fingerprint density at radius 1 is 1.25 bits per heavy atom. The molecule has 1 aromatic carbocycles. The summed E-state index contributed by atoms with van der Waals surface area (Å²) in [6.45, 7) is 3.34. The lowest BCUT2D eigenvalue weighted by Crippen LogP contribution is -2.35. The molecule has 2 aromatic rings. The highest BCUT2D eigenvalue weighted by atomic mass is 35.5. The number of likely N-dealkylation sites (tertiary alicyclic amines) is 1. The van der Waals surface area contributed by atoms with E-state index in [1.165, 1.54) is 22.7 Å². The van der Waals surface area contributed by atoms with Crippen molar-refractivity contribution in [2.75, 3.05) is 18.8 Å². The lowest BCUT2D eigenvalue weighted by atomic mass is 10.1. The summed E-state index contributed by atoms with van der Waals surface area (Å²) in [5.74, 6) is 0.286. The zero-order valence-electron chi connectivity index (χ0n) is 16.1. The van der Waals surface area contributed by atoms with Crippen LogP contribution in [0.25, 0.3) is 10.9 Å². The van der Waals surface area contributed by atoms with Crippen molar-refractivity contribution in [3.63, 3.8) is 0 Å². The summed E-state index contributed by atoms with van der Waals surface area (Å²) in [5, 5.41) is 11.2. The number of nitrogens with zero attached hydrogens (tertiary/aromatic N) is 3. The molecule has 1 aliphatic heterocycles. The SMILES string of the molecule is C[C@H](O)Cn1c(SCC(=O)N2CCCCCCC2)nc2cc(Cl)ccc2c1=O. The van der Waals surface area contributed by atoms with Gasteiger partial charge >= 0.3 is 0 Å². The minimum Gasteiger partial charge on any atom is -0.392 e. The maximum Gasteiger partial charge on any atom is 0.262 e. The van der Waals surface area contributed by atoms with Crippen molar-refractivity contribution in [2.45, 2.75) is 56.8 Å². The van der Waals surface area contributed by atoms with Gasteiger partial charge in [0.25, 0.3) is 5.56 Å². The first-order chi connectivity index (χ1) is 13.5. The molecule has 6 nitrogen and oxygen atoms in total. The third-order valence-corrected chi connectivity index (χ3v) is 6.06. The summed E-state index contributed by atoms with van der Waals surface area (Å²) < 4.78 is 1.45. The van der Waals surface area contributed by atoms with Crippen LogP contribution in [0.15, 0.2) is 28.2 Å². The maximum atomic E-state index is 12.9. The number of aromatic nitrogens is 2. The van der Waals surface area contributed by atoms with Gasteiger partial charge in [-0.05, 0) is 38.0 Å². The molecule has 0 unspecified atom stereocenters. The molecule has 2 heterocycles. The van der Waals surface area contributed by atoms with Crippen LogP contribution in [0, 0.1) is 0 Å². The number of aliphatic hydroxyl groups excluding tert-OH is 1. The zero-order valence-corrected chi connectivity index (χ0v) is 17.6. The van der Waals surface area contributed by atoms with Gasteiger partial charge < -0.3 is 10.0 Å². The average Bonchev–Trinajstić information content (AvgIpc) is 2.61. The van der Waals surface area contributed by atoms with Gasteiger partial charge in [-0.15, -0.1) is 0 Å². The summed E-state index contributed by atoms with van der Waals surface area (Å²) >= 11 is 7.29. The van der Waals surface area contributed by atoms with Gasteiger partial charge in [0.1, 0.15) is 0 Å². The fraction of sp³-hybridized carbons (Fsp3) is 0.550. The van der Waals surface area contributed by atoms with E-state index in [4.69, 9.17) is 11.6 Å². The van der Waals surface area contributed by atoms with Crippen LogP contribution in [0.1, 0.15) is 39.0 Å². The minimum absolute atomic E-state index is 0.0657. The Bertz CT molecular complexity index is 892. The summed E-state index contributed by atoms with van der Waals surface area (Å²) in [7, 11) is 0. The molecule has 0 bridgehead atoms. The number of carbonyl (C=O) groups excluding carboxylic acids is 1. The highest BCUT2D eigenvalue weighted by Crippen LogP contribution is 2.22. The summed E-state index contributed by atoms with van der Waals surface area (Å²) in [6.07, 6.45) is 4.95. The van der Waals surface area contributed by atoms with Gasteiger partial charge in [-0.25, -0.2) is 4.98 Å². The van der Waals surface area contributed by atoms with Crippen molar-refractivity contribution in [3.05, 3.63) is 33.6 Å². The molecule has 0 aliphatic carbocycles. The molecule has 1 saturated heterocycles. The number of thioether (sulfide) groups is 1. The third kappa shape index (κ3) is 5.27. The van der Waals surface area contributed by atoms with Crippen LogP contribution in [-0.4, -0.2) is 50.4 Å². The van der Waals surface area contributed by atoms with Crippen molar-refractivity contribution < 1.29 is 9.90 Å². The van der Waals surface area contributed by atoms with E-state index in [1.54, 1.807) is 25.1 Å². The second-order valence-corrected chi connectivity index (χ2v) is 8.64. The molecule has 3 rings (SSSR count). The smallest absolute Gasteiger partial charge is 0.262 e. The van der Waals surface area contributed by atoms with E-state index in [0.29, 0.717) is 21.1 Å². The van der Waals surface area contributed by atoms with Crippen LogP contribution in [0.3, 0.4) is 0 Å². The first kappa shape index (κ1) is 21.1. The predicted molar refractivity (Wildman–Crippen MR) is 113 cm³/mol. The fourth-order valence-corrected chi connectivity index (χ4v) is 4.50. The topological polar surface area (TPSA) is 75.4 Å². The molecule has 8 heteroatoms. The zero-order chi connectivity index (χ0) is 20.1. The minimum atomic E-state index is -0.700. The number of carbonyl (C=O) groups is 1. The van der Waals surface area contributed by atoms with Gasteiger partial charge in [0, 0.05) is 18.1 Å². The van der Waals surface area contributed by atoms with Gasteiger partial charge in [-0.2, -0.15) is 0 Å². The number of aliphatic hydroxyl groups is 1. The first-order valence-electron chi connectivity index (χ1n) is 9.74. The van der Waals surface area contributed by atoms with Gasteiger partial charge in [-0.1, -0.05) is 42.6 Å². The van der Waals surface area contributed by atoms with Gasteiger partial charge in [0.15, 0.2) is 5.16 Å². The second-order valence-electron chi connectivity index (χ2n) is 7.26. The van der Waals surface area contributed by atoms with Crippen molar-refractivity contribution >= 4 is 40.2 Å². The number of halogens is 1. The van der Waals surface area contributed by atoms with E-state index >= 15 is 0 Å². The van der Waals surface area contributed by atoms with Crippen molar-refractivity contribution in [2.24, 2.45) is 0 Å². The van der Waals surface area contributed by atoms with E-state index in [2.05, 4.69) is 4.98 Å². The molecule has 0 spiro atoms. The average molecular weight is 424 g/mol. The van der Waals surface area contributed by atoms with E-state index in [0.717, 1.165) is 38.8 Å². The molecule has 152 valence electrons. The van der Waals surface area contributed by atoms with Crippen LogP contribution in [-0.2, 0) is 11.3 Å². The Hall–Kier alpha value is -1.57. The highest BCUT2D eigenvalue weighted by Gasteiger charge is 2.18. The third-order valence-electron chi connectivity index (χ3n) is 4.86. The van der Waals surface area contributed by atoms with Crippen LogP contribution in [0.5, 0.6) is 0 Å². The summed E-state index contributed by atoms with van der Waals surface area (Å²) in [4.78, 5) is 32.1. The van der Waals surface area contributed by atoms with Gasteiger partial charge in [0.2, 0.25) is 5.91 Å². The molecule has 1 aliphatic rings. The molecule has 1 atom stereocenters. The van der Waals surface area contributed by atoms with Crippen LogP contribution in [0.2, 0.25) is 5.02 Å². The fourth-order valence-electron chi connectivity index (χ4n) is 3.42. The molecular weight excluding hydrogens is 398 g/mol. The standard InChI is InChI=1S/C20H26ClN3O3S/c1-14(25)12-24-19(27)16-8-7-15(21)11-17(16)22-20(24)28-13-18(26)23-9-5-3-2-4-6-10-23/h7-8,11,14,25H,2-6,9-10,12-13H2,1H3/t14-/m0/s1. The lowest BCUT2D eigenvalue weighted by molar-refractivity contribution is -0.128. The van der Waals surface area contributed by atoms with Gasteiger partial charge in [-0.3, -0.25) is 14.2 Å². The second kappa shape index (κ2) is 9.76. The first-order valence-corrected chi connectivity index (χ1v) is 11.1. The van der Waals surface area contributed by atoms with Gasteiger partial charge in [0.05, 0.1) is 29.3 Å². The highest BCUT2D eigenvalue weighted by molar-refractivity contribution is 7.99. The number of rotatable bonds is 5. The van der Waals surface area contributed by atoms with E-state index in [1.807, 2.05) is 4.90 Å². The van der Waals surface area contributed by atoms with Crippen molar-refractivity contribution in [3.8, 4) is 0 Å². The predicted octanol–water partition coefficient (Wildman–Crippen LogP) is 3.32. The van der Waals surface area contributed by atoms with E-state index in [9.17, 15) is 14.7 Å². The monoisotopic (exact) mass is 423 g/mol. The molecule has 1 fully saturated rings. The van der Waals surface area contributed by atoms with Crippen LogP contribution >= 0.6 is 23.4 Å². The van der Waals surface area contributed by atoms with Crippen molar-refractivity contribution in [1.29, 1.82) is 0 Å². The Balaban J connectivity index is 1.84. The molecule has 0 saturated carbocycles. The van der Waals surface area contributed by atoms with Crippen LogP contribution < -0.4 is 5.56 Å². The molecule has 0 radical (unpaired) electrons. The lowest BCUT2D eigenvalue weighted by Gasteiger charge is -2.24. The Kier molecular flexibility index (Phi) is 7.37. The Labute approximate surface area is 173 Å². The largest absolute Gasteiger partial charge is 0.392 e. The molecule has 1 aromatic heterocycles. The molecular formula is C20H26ClN3O3S. The normalized spacial score (nSPS) is 16.6. The Morgan fingerprint density at radius 3 is 2.61 bits per heavy atom. The summed E-state index contributed by atoms with van der Waals surface area (Å²) in [5.41, 5.74) is 0.268. The number of fused-ring (bicyclic) bond motifs is 1. The van der Waals surface area contributed by atoms with E-state index in [-0.39, 0.29) is 23.8 Å². The Morgan fingerprint density at radius 2 is 1.93 bits per heavy atom. The number of benzene rings is 1.